The van der Waals surface area contributed by atoms with Crippen molar-refractivity contribution in [3.8, 4) is 5.75 Å². The number of rotatable bonds is 4. The lowest BCUT2D eigenvalue weighted by Crippen LogP contribution is -2.41. The molecular formula is C18H26ClN3O2. The molecule has 1 aromatic rings. The summed E-state index contributed by atoms with van der Waals surface area (Å²) in [6.07, 6.45) is 2.34. The minimum absolute atomic E-state index is 0.328. The summed E-state index contributed by atoms with van der Waals surface area (Å²) < 4.78 is 11.0. The van der Waals surface area contributed by atoms with Crippen molar-refractivity contribution < 1.29 is 9.47 Å². The van der Waals surface area contributed by atoms with Gasteiger partial charge in [-0.3, -0.25) is 0 Å². The Balaban J connectivity index is 1.72. The molecule has 6 heteroatoms. The van der Waals surface area contributed by atoms with Gasteiger partial charge in [-0.15, -0.1) is 0 Å². The maximum absolute atomic E-state index is 6.03. The van der Waals surface area contributed by atoms with E-state index in [0.717, 1.165) is 56.5 Å². The second-order valence-electron chi connectivity index (χ2n) is 6.60. The lowest BCUT2D eigenvalue weighted by molar-refractivity contribution is 0.156. The monoisotopic (exact) mass is 351 g/mol. The van der Waals surface area contributed by atoms with E-state index in [1.807, 2.05) is 18.2 Å². The van der Waals surface area contributed by atoms with Crippen LogP contribution < -0.4 is 10.1 Å². The molecule has 0 amide bonds. The van der Waals surface area contributed by atoms with Crippen LogP contribution in [0, 0.1) is 5.41 Å². The summed E-state index contributed by atoms with van der Waals surface area (Å²) in [5, 5.41) is 4.09. The third kappa shape index (κ3) is 3.78. The van der Waals surface area contributed by atoms with Gasteiger partial charge < -0.3 is 19.7 Å². The number of aliphatic imine (C=N–C) groups is 1. The molecule has 2 aliphatic heterocycles. The molecule has 1 unspecified atom stereocenters. The topological polar surface area (TPSA) is 46.1 Å². The van der Waals surface area contributed by atoms with Crippen LogP contribution in [-0.4, -0.2) is 50.8 Å². The van der Waals surface area contributed by atoms with Crippen LogP contribution in [0.1, 0.15) is 25.3 Å². The number of methoxy groups -OCH3 is 1. The van der Waals surface area contributed by atoms with Gasteiger partial charge in [-0.2, -0.15) is 0 Å². The van der Waals surface area contributed by atoms with Gasteiger partial charge >= 0.3 is 0 Å². The number of guanidine groups is 1. The molecule has 1 N–H and O–H groups in total. The number of hydrogen-bond donors (Lipinski definition) is 1. The first-order chi connectivity index (χ1) is 11.7. The van der Waals surface area contributed by atoms with Crippen LogP contribution in [0.3, 0.4) is 0 Å². The zero-order chi connectivity index (χ0) is 17.0. The molecule has 2 heterocycles. The number of benzene rings is 1. The predicted molar refractivity (Wildman–Crippen MR) is 96.9 cm³/mol. The molecule has 2 saturated heterocycles. The highest BCUT2D eigenvalue weighted by Gasteiger charge is 2.42. The lowest BCUT2D eigenvalue weighted by atomic mass is 9.87. The molecule has 2 aliphatic rings. The SMILES string of the molecule is CCNC(=NCc1ccc(Cl)cc1OC)N1CCC2(CCOC2)C1. The fourth-order valence-electron chi connectivity index (χ4n) is 3.52. The standard InChI is InChI=1S/C18H26ClN3O2/c1-3-20-17(22-8-6-18(12-22)7-9-24-13-18)21-11-14-4-5-15(19)10-16(14)23-2/h4-5,10H,3,6-9,11-13H2,1-2H3,(H,20,21). The molecule has 0 aromatic heterocycles. The molecular weight excluding hydrogens is 326 g/mol. The van der Waals surface area contributed by atoms with E-state index in [4.69, 9.17) is 26.1 Å². The Bertz CT molecular complexity index is 600. The van der Waals surface area contributed by atoms with E-state index in [1.165, 1.54) is 6.42 Å². The van der Waals surface area contributed by atoms with Crippen molar-refractivity contribution in [2.24, 2.45) is 10.4 Å². The average molecular weight is 352 g/mol. The number of hydrogen-bond acceptors (Lipinski definition) is 3. The second kappa shape index (κ2) is 7.62. The van der Waals surface area contributed by atoms with E-state index in [9.17, 15) is 0 Å². The van der Waals surface area contributed by atoms with Gasteiger partial charge in [0.1, 0.15) is 5.75 Å². The van der Waals surface area contributed by atoms with Crippen LogP contribution in [0.25, 0.3) is 0 Å². The molecule has 132 valence electrons. The van der Waals surface area contributed by atoms with Crippen LogP contribution in [0.4, 0.5) is 0 Å². The number of likely N-dealkylation sites (tertiary alicyclic amines) is 1. The summed E-state index contributed by atoms with van der Waals surface area (Å²) in [4.78, 5) is 7.19. The fraction of sp³-hybridized carbons (Fsp3) is 0.611. The summed E-state index contributed by atoms with van der Waals surface area (Å²) in [6.45, 7) is 7.36. The van der Waals surface area contributed by atoms with E-state index in [2.05, 4.69) is 17.1 Å². The van der Waals surface area contributed by atoms with E-state index in [-0.39, 0.29) is 0 Å². The fourth-order valence-corrected chi connectivity index (χ4v) is 3.68. The third-order valence-corrected chi connectivity index (χ3v) is 5.14. The van der Waals surface area contributed by atoms with Gasteiger partial charge in [-0.25, -0.2) is 4.99 Å². The smallest absolute Gasteiger partial charge is 0.194 e. The van der Waals surface area contributed by atoms with E-state index in [1.54, 1.807) is 7.11 Å². The highest BCUT2D eigenvalue weighted by Crippen LogP contribution is 2.38. The Morgan fingerprint density at radius 1 is 1.46 bits per heavy atom. The van der Waals surface area contributed by atoms with Crippen LogP contribution in [0.2, 0.25) is 5.02 Å². The van der Waals surface area contributed by atoms with Gasteiger partial charge in [0.05, 0.1) is 20.3 Å². The summed E-state index contributed by atoms with van der Waals surface area (Å²) in [6, 6.07) is 5.69. The van der Waals surface area contributed by atoms with Gasteiger partial charge in [0, 0.05) is 42.2 Å². The van der Waals surface area contributed by atoms with Gasteiger partial charge in [-0.05, 0) is 31.9 Å². The first-order valence-electron chi connectivity index (χ1n) is 8.59. The second-order valence-corrected chi connectivity index (χ2v) is 7.04. The highest BCUT2D eigenvalue weighted by molar-refractivity contribution is 6.30. The number of halogens is 1. The summed E-state index contributed by atoms with van der Waals surface area (Å²) in [5.74, 6) is 1.75. The normalized spacial score (nSPS) is 24.0. The first-order valence-corrected chi connectivity index (χ1v) is 8.97. The van der Waals surface area contributed by atoms with E-state index >= 15 is 0 Å². The first kappa shape index (κ1) is 17.4. The predicted octanol–water partition coefficient (Wildman–Crippen LogP) is 2.93. The molecule has 1 spiro atoms. The number of nitrogens with zero attached hydrogens (tertiary/aromatic N) is 2. The van der Waals surface area contributed by atoms with Crippen molar-refractivity contribution in [1.82, 2.24) is 10.2 Å². The molecule has 0 bridgehead atoms. The molecule has 0 radical (unpaired) electrons. The Morgan fingerprint density at radius 2 is 2.33 bits per heavy atom. The molecule has 5 nitrogen and oxygen atoms in total. The van der Waals surface area contributed by atoms with E-state index < -0.39 is 0 Å². The van der Waals surface area contributed by atoms with Gasteiger partial charge in [0.2, 0.25) is 0 Å². The van der Waals surface area contributed by atoms with Crippen molar-refractivity contribution in [3.63, 3.8) is 0 Å². The maximum Gasteiger partial charge on any atom is 0.194 e. The van der Waals surface area contributed by atoms with Crippen LogP contribution in [0.15, 0.2) is 23.2 Å². The summed E-state index contributed by atoms with van der Waals surface area (Å²) >= 11 is 6.03. The zero-order valence-electron chi connectivity index (χ0n) is 14.5. The third-order valence-electron chi connectivity index (χ3n) is 4.91. The van der Waals surface area contributed by atoms with Gasteiger partial charge in [-0.1, -0.05) is 17.7 Å². The Hall–Kier alpha value is -1.46. The van der Waals surface area contributed by atoms with E-state index in [0.29, 0.717) is 17.0 Å². The average Bonchev–Trinajstić information content (AvgIpc) is 3.22. The summed E-state index contributed by atoms with van der Waals surface area (Å²) in [7, 11) is 1.66. The highest BCUT2D eigenvalue weighted by atomic mass is 35.5. The Kier molecular flexibility index (Phi) is 5.51. The maximum atomic E-state index is 6.03. The minimum atomic E-state index is 0.328. The van der Waals surface area contributed by atoms with Crippen molar-refractivity contribution >= 4 is 17.6 Å². The van der Waals surface area contributed by atoms with Crippen molar-refractivity contribution in [2.45, 2.75) is 26.3 Å². The molecule has 0 aliphatic carbocycles. The Morgan fingerprint density at radius 3 is 3.04 bits per heavy atom. The molecule has 1 aromatic carbocycles. The van der Waals surface area contributed by atoms with Crippen LogP contribution in [0.5, 0.6) is 5.75 Å². The number of nitrogens with one attached hydrogen (secondary N) is 1. The van der Waals surface area contributed by atoms with Crippen molar-refractivity contribution in [3.05, 3.63) is 28.8 Å². The summed E-state index contributed by atoms with van der Waals surface area (Å²) in [5.41, 5.74) is 1.36. The van der Waals surface area contributed by atoms with Crippen molar-refractivity contribution in [1.29, 1.82) is 0 Å². The molecule has 1 atom stereocenters. The molecule has 2 fully saturated rings. The largest absolute Gasteiger partial charge is 0.496 e. The van der Waals surface area contributed by atoms with Crippen LogP contribution in [-0.2, 0) is 11.3 Å². The van der Waals surface area contributed by atoms with Gasteiger partial charge in [0.25, 0.3) is 0 Å². The Labute approximate surface area is 149 Å². The van der Waals surface area contributed by atoms with Crippen molar-refractivity contribution in [2.75, 3.05) is 40.0 Å². The van der Waals surface area contributed by atoms with Crippen LogP contribution >= 0.6 is 11.6 Å². The minimum Gasteiger partial charge on any atom is -0.496 e. The quantitative estimate of drug-likeness (QED) is 0.669. The molecule has 0 saturated carbocycles. The molecule has 3 rings (SSSR count). The lowest BCUT2D eigenvalue weighted by Gasteiger charge is -2.25. The zero-order valence-corrected chi connectivity index (χ0v) is 15.2. The van der Waals surface area contributed by atoms with Gasteiger partial charge in [0.15, 0.2) is 5.96 Å². The molecule has 24 heavy (non-hydrogen) atoms. The number of ether oxygens (including phenoxy) is 2.